The summed E-state index contributed by atoms with van der Waals surface area (Å²) in [6.45, 7) is 6.26. The minimum absolute atomic E-state index is 0.00130. The molecule has 5 nitrogen and oxygen atoms in total. The highest BCUT2D eigenvalue weighted by Crippen LogP contribution is 2.22. The van der Waals surface area contributed by atoms with Gasteiger partial charge in [0, 0.05) is 18.7 Å². The summed E-state index contributed by atoms with van der Waals surface area (Å²) in [4.78, 5) is 16.1. The van der Waals surface area contributed by atoms with Gasteiger partial charge in [-0.05, 0) is 73.0 Å². The highest BCUT2D eigenvalue weighted by Gasteiger charge is 2.25. The summed E-state index contributed by atoms with van der Waals surface area (Å²) in [6.07, 6.45) is 0.558. The number of nitrogens with zero attached hydrogens (tertiary/aromatic N) is 1. The zero-order chi connectivity index (χ0) is 23.6. The number of nitrogens with one attached hydrogen (secondary N) is 1. The molecular weight excluding hydrogens is 432 g/mol. The van der Waals surface area contributed by atoms with E-state index in [0.29, 0.717) is 12.0 Å². The van der Waals surface area contributed by atoms with Gasteiger partial charge in [0.05, 0.1) is 10.4 Å². The quantitative estimate of drug-likeness (QED) is 0.427. The van der Waals surface area contributed by atoms with Gasteiger partial charge >= 0.3 is 0 Å². The number of aryl methyl sites for hydroxylation is 3. The third-order valence-electron chi connectivity index (χ3n) is 6.25. The predicted molar refractivity (Wildman–Crippen MR) is 133 cm³/mol. The van der Waals surface area contributed by atoms with Crippen LogP contribution < -0.4 is 5.56 Å². The normalized spacial score (nSPS) is 11.9. The van der Waals surface area contributed by atoms with Crippen molar-refractivity contribution in [2.45, 2.75) is 38.6 Å². The van der Waals surface area contributed by atoms with Crippen LogP contribution in [-0.4, -0.2) is 24.3 Å². The van der Waals surface area contributed by atoms with Gasteiger partial charge in [0.1, 0.15) is 0 Å². The van der Waals surface area contributed by atoms with Gasteiger partial charge in [0.2, 0.25) is 10.0 Å². The van der Waals surface area contributed by atoms with E-state index in [0.717, 1.165) is 33.2 Å². The van der Waals surface area contributed by atoms with Crippen LogP contribution in [0.4, 0.5) is 0 Å². The standard InChI is InChI=1S/C27H28N2O3S/c1-19-13-14-23-17-24(27(30)28-26(23)21(19)3)18-29(16-15-22-10-8-7-9-20(22)2)33(31,32)25-11-5-4-6-12-25/h4-14,17H,15-16,18H2,1-3H3,(H,28,30). The maximum Gasteiger partial charge on any atom is 0.252 e. The van der Waals surface area contributed by atoms with E-state index in [1.54, 1.807) is 30.3 Å². The van der Waals surface area contributed by atoms with E-state index in [9.17, 15) is 13.2 Å². The van der Waals surface area contributed by atoms with Gasteiger partial charge in [0.25, 0.3) is 5.56 Å². The molecule has 0 fully saturated rings. The van der Waals surface area contributed by atoms with Crippen LogP contribution in [0.3, 0.4) is 0 Å². The molecule has 4 aromatic rings. The lowest BCUT2D eigenvalue weighted by atomic mass is 10.0. The van der Waals surface area contributed by atoms with Crippen LogP contribution in [0.25, 0.3) is 10.9 Å². The van der Waals surface area contributed by atoms with Gasteiger partial charge in [0.15, 0.2) is 0 Å². The molecule has 0 spiro atoms. The smallest absolute Gasteiger partial charge is 0.252 e. The second-order valence-corrected chi connectivity index (χ2v) is 10.4. The lowest BCUT2D eigenvalue weighted by Crippen LogP contribution is -2.34. The Balaban J connectivity index is 1.73. The van der Waals surface area contributed by atoms with Crippen LogP contribution in [0, 0.1) is 20.8 Å². The Morgan fingerprint density at radius 2 is 1.52 bits per heavy atom. The predicted octanol–water partition coefficient (Wildman–Crippen LogP) is 4.89. The van der Waals surface area contributed by atoms with Gasteiger partial charge in [-0.2, -0.15) is 4.31 Å². The van der Waals surface area contributed by atoms with Crippen LogP contribution in [0.2, 0.25) is 0 Å². The summed E-state index contributed by atoms with van der Waals surface area (Å²) in [5, 5.41) is 0.892. The van der Waals surface area contributed by atoms with Crippen molar-refractivity contribution in [3.05, 3.63) is 111 Å². The van der Waals surface area contributed by atoms with E-state index >= 15 is 0 Å². The summed E-state index contributed by atoms with van der Waals surface area (Å²) in [5.74, 6) is 0. The van der Waals surface area contributed by atoms with Crippen LogP contribution in [-0.2, 0) is 23.0 Å². The Labute approximate surface area is 194 Å². The number of H-pyrrole nitrogens is 1. The van der Waals surface area contributed by atoms with Crippen molar-refractivity contribution in [1.82, 2.24) is 9.29 Å². The molecule has 0 amide bonds. The van der Waals surface area contributed by atoms with Gasteiger partial charge in [-0.3, -0.25) is 4.79 Å². The van der Waals surface area contributed by atoms with E-state index < -0.39 is 10.0 Å². The van der Waals surface area contributed by atoms with E-state index in [2.05, 4.69) is 4.98 Å². The maximum atomic E-state index is 13.5. The van der Waals surface area contributed by atoms with Crippen molar-refractivity contribution in [2.24, 2.45) is 0 Å². The summed E-state index contributed by atoms with van der Waals surface area (Å²) >= 11 is 0. The monoisotopic (exact) mass is 460 g/mol. The highest BCUT2D eigenvalue weighted by atomic mass is 32.2. The molecule has 4 rings (SSSR count). The maximum absolute atomic E-state index is 13.5. The molecule has 3 aromatic carbocycles. The second kappa shape index (κ2) is 9.33. The van der Waals surface area contributed by atoms with Crippen LogP contribution in [0.5, 0.6) is 0 Å². The van der Waals surface area contributed by atoms with Crippen molar-refractivity contribution in [3.63, 3.8) is 0 Å². The molecule has 0 saturated heterocycles. The van der Waals surface area contributed by atoms with Crippen LogP contribution in [0.15, 0.2) is 82.5 Å². The Morgan fingerprint density at radius 1 is 0.818 bits per heavy atom. The lowest BCUT2D eigenvalue weighted by Gasteiger charge is -2.23. The number of aromatic amines is 1. The summed E-state index contributed by atoms with van der Waals surface area (Å²) < 4.78 is 28.5. The van der Waals surface area contributed by atoms with E-state index in [-0.39, 0.29) is 23.5 Å². The largest absolute Gasteiger partial charge is 0.321 e. The molecule has 1 aromatic heterocycles. The molecule has 6 heteroatoms. The van der Waals surface area contributed by atoms with Gasteiger partial charge in [-0.15, -0.1) is 0 Å². The minimum Gasteiger partial charge on any atom is -0.321 e. The van der Waals surface area contributed by atoms with Crippen molar-refractivity contribution >= 4 is 20.9 Å². The molecule has 0 radical (unpaired) electrons. The number of rotatable bonds is 7. The molecule has 0 bridgehead atoms. The molecule has 0 saturated carbocycles. The average Bonchev–Trinajstić information content (AvgIpc) is 2.81. The van der Waals surface area contributed by atoms with Crippen molar-refractivity contribution in [1.29, 1.82) is 0 Å². The third kappa shape index (κ3) is 4.77. The fraction of sp³-hybridized carbons (Fsp3) is 0.222. The first-order valence-electron chi connectivity index (χ1n) is 11.0. The van der Waals surface area contributed by atoms with E-state index in [1.807, 2.05) is 63.2 Å². The zero-order valence-corrected chi connectivity index (χ0v) is 19.9. The molecule has 0 aliphatic carbocycles. The molecule has 33 heavy (non-hydrogen) atoms. The highest BCUT2D eigenvalue weighted by molar-refractivity contribution is 7.89. The first-order chi connectivity index (χ1) is 15.8. The summed E-state index contributed by atoms with van der Waals surface area (Å²) in [7, 11) is -3.79. The SMILES string of the molecule is Cc1ccccc1CCN(Cc1cc2ccc(C)c(C)c2[nH]c1=O)S(=O)(=O)c1ccccc1. The van der Waals surface area contributed by atoms with Crippen molar-refractivity contribution in [2.75, 3.05) is 6.54 Å². The second-order valence-electron chi connectivity index (χ2n) is 8.42. The Kier molecular flexibility index (Phi) is 6.49. The molecule has 1 heterocycles. The zero-order valence-electron chi connectivity index (χ0n) is 19.1. The Hall–Kier alpha value is -3.22. The summed E-state index contributed by atoms with van der Waals surface area (Å²) in [5.41, 5.74) is 5.27. The first kappa shape index (κ1) is 23.0. The summed E-state index contributed by atoms with van der Waals surface area (Å²) in [6, 6.07) is 22.1. The van der Waals surface area contributed by atoms with E-state index in [1.165, 1.54) is 4.31 Å². The molecule has 0 aliphatic rings. The molecule has 0 unspecified atom stereocenters. The van der Waals surface area contributed by atoms with Crippen molar-refractivity contribution < 1.29 is 8.42 Å². The van der Waals surface area contributed by atoms with Gasteiger partial charge in [-0.25, -0.2) is 8.42 Å². The molecule has 0 aliphatic heterocycles. The fourth-order valence-corrected chi connectivity index (χ4v) is 5.48. The average molecular weight is 461 g/mol. The van der Waals surface area contributed by atoms with Crippen LogP contribution >= 0.6 is 0 Å². The number of hydrogen-bond acceptors (Lipinski definition) is 3. The Bertz CT molecular complexity index is 1460. The fourth-order valence-electron chi connectivity index (χ4n) is 4.04. The minimum atomic E-state index is -3.79. The molecule has 0 atom stereocenters. The van der Waals surface area contributed by atoms with E-state index in [4.69, 9.17) is 0 Å². The number of fused-ring (bicyclic) bond motifs is 1. The number of benzene rings is 3. The molecule has 1 N–H and O–H groups in total. The van der Waals surface area contributed by atoms with Gasteiger partial charge in [-0.1, -0.05) is 54.6 Å². The Morgan fingerprint density at radius 3 is 2.24 bits per heavy atom. The third-order valence-corrected chi connectivity index (χ3v) is 8.11. The lowest BCUT2D eigenvalue weighted by molar-refractivity contribution is 0.408. The van der Waals surface area contributed by atoms with Crippen LogP contribution in [0.1, 0.15) is 27.8 Å². The molecular formula is C27H28N2O3S. The number of aromatic nitrogens is 1. The number of pyridine rings is 1. The van der Waals surface area contributed by atoms with Gasteiger partial charge < -0.3 is 4.98 Å². The number of hydrogen-bond donors (Lipinski definition) is 1. The van der Waals surface area contributed by atoms with Crippen molar-refractivity contribution in [3.8, 4) is 0 Å². The molecule has 170 valence electrons. The topological polar surface area (TPSA) is 70.2 Å². The number of sulfonamides is 1. The first-order valence-corrected chi connectivity index (χ1v) is 12.4.